The van der Waals surface area contributed by atoms with Crippen molar-refractivity contribution in [1.82, 2.24) is 0 Å². The molecule has 1 aromatic rings. The van der Waals surface area contributed by atoms with Crippen molar-refractivity contribution in [2.75, 3.05) is 5.32 Å². The van der Waals surface area contributed by atoms with Gasteiger partial charge in [0.25, 0.3) is 5.60 Å². The van der Waals surface area contributed by atoms with Crippen molar-refractivity contribution >= 4 is 23.4 Å². The molecule has 1 aliphatic carbocycles. The lowest BCUT2D eigenvalue weighted by atomic mass is 9.89. The van der Waals surface area contributed by atoms with E-state index in [4.69, 9.17) is 11.6 Å². The fourth-order valence-electron chi connectivity index (χ4n) is 2.56. The van der Waals surface area contributed by atoms with Gasteiger partial charge in [0.1, 0.15) is 0 Å². The van der Waals surface area contributed by atoms with Gasteiger partial charge in [0.05, 0.1) is 5.69 Å². The van der Waals surface area contributed by atoms with Crippen LogP contribution in [-0.2, 0) is 10.3 Å². The van der Waals surface area contributed by atoms with Gasteiger partial charge >= 0.3 is 12.3 Å². The Balaban J connectivity index is 2.21. The highest BCUT2D eigenvalue weighted by atomic mass is 35.5. The number of carbonyl (C=O) groups is 1. The number of rotatable bonds is 1. The molecule has 0 spiro atoms. The number of alkyl halides is 3. The van der Waals surface area contributed by atoms with Crippen LogP contribution in [0.5, 0.6) is 0 Å². The van der Waals surface area contributed by atoms with Crippen molar-refractivity contribution in [3.05, 3.63) is 28.8 Å². The van der Waals surface area contributed by atoms with Crippen LogP contribution in [0.3, 0.4) is 0 Å². The molecule has 0 radical (unpaired) electrons. The summed E-state index contributed by atoms with van der Waals surface area (Å²) >= 11 is 5.84. The van der Waals surface area contributed by atoms with Gasteiger partial charge in [0.15, 0.2) is 0 Å². The Hall–Kier alpha value is -1.87. The monoisotopic (exact) mass is 343 g/mol. The van der Waals surface area contributed by atoms with E-state index in [0.29, 0.717) is 6.42 Å². The van der Waals surface area contributed by atoms with Gasteiger partial charge in [0.2, 0.25) is 0 Å². The topological polar surface area (TPSA) is 38.3 Å². The van der Waals surface area contributed by atoms with E-state index in [9.17, 15) is 18.0 Å². The first-order chi connectivity index (χ1) is 10.7. The molecule has 1 saturated carbocycles. The molecule has 1 fully saturated rings. The fourth-order valence-corrected chi connectivity index (χ4v) is 2.73. The maximum atomic E-state index is 13.8. The number of fused-ring (bicyclic) bond motifs is 1. The van der Waals surface area contributed by atoms with Crippen molar-refractivity contribution in [2.24, 2.45) is 5.41 Å². The number of nitrogens with one attached hydrogen (secondary N) is 1. The largest absolute Gasteiger partial charge is 0.445 e. The van der Waals surface area contributed by atoms with Crippen LogP contribution in [0.25, 0.3) is 0 Å². The molecule has 0 saturated heterocycles. The van der Waals surface area contributed by atoms with Crippen molar-refractivity contribution < 1.29 is 22.7 Å². The molecule has 1 heterocycles. The average Bonchev–Trinajstić information content (AvgIpc) is 3.25. The minimum absolute atomic E-state index is 0.00128. The number of cyclic esters (lactones) is 1. The molecule has 1 aliphatic heterocycles. The molecule has 23 heavy (non-hydrogen) atoms. The predicted molar refractivity (Wildman–Crippen MR) is 79.0 cm³/mol. The van der Waals surface area contributed by atoms with E-state index in [1.807, 2.05) is 6.92 Å². The van der Waals surface area contributed by atoms with Crippen molar-refractivity contribution in [3.63, 3.8) is 0 Å². The Kier molecular flexibility index (Phi) is 3.53. The number of ether oxygens (including phenoxy) is 1. The van der Waals surface area contributed by atoms with Gasteiger partial charge in [-0.25, -0.2) is 4.79 Å². The zero-order valence-corrected chi connectivity index (χ0v) is 12.9. The molecule has 1 amide bonds. The summed E-state index contributed by atoms with van der Waals surface area (Å²) in [5.74, 6) is 4.93. The molecule has 3 nitrogen and oxygen atoms in total. The van der Waals surface area contributed by atoms with E-state index in [2.05, 4.69) is 21.9 Å². The molecule has 0 unspecified atom stereocenters. The lowest BCUT2D eigenvalue weighted by Gasteiger charge is -2.36. The Labute approximate surface area is 136 Å². The van der Waals surface area contributed by atoms with Gasteiger partial charge in [0, 0.05) is 16.0 Å². The second kappa shape index (κ2) is 5.07. The van der Waals surface area contributed by atoms with Crippen LogP contribution in [0.15, 0.2) is 18.2 Å². The zero-order chi connectivity index (χ0) is 16.9. The van der Waals surface area contributed by atoms with E-state index in [-0.39, 0.29) is 16.3 Å². The third-order valence-corrected chi connectivity index (χ3v) is 4.51. The number of benzene rings is 1. The first-order valence-electron chi connectivity index (χ1n) is 7.12. The molecule has 7 heteroatoms. The van der Waals surface area contributed by atoms with Crippen LogP contribution >= 0.6 is 11.6 Å². The maximum absolute atomic E-state index is 13.8. The Morgan fingerprint density at radius 2 is 2.04 bits per heavy atom. The Morgan fingerprint density at radius 1 is 1.35 bits per heavy atom. The van der Waals surface area contributed by atoms with Crippen LogP contribution in [0.4, 0.5) is 23.7 Å². The number of carbonyl (C=O) groups excluding carboxylic acids is 1. The molecule has 1 aromatic carbocycles. The van der Waals surface area contributed by atoms with E-state index >= 15 is 0 Å². The summed E-state index contributed by atoms with van der Waals surface area (Å²) in [6.45, 7) is 1.88. The molecule has 1 N–H and O–H groups in total. The Morgan fingerprint density at radius 3 is 2.61 bits per heavy atom. The standard InChI is InChI=1S/C16H13ClF3NO2/c1-2-14(5-6-14)7-8-15(16(18,19)20)11-9-10(17)3-4-12(11)21-13(22)23-15/h3-4,9H,2,5-6H2,1H3,(H,21,22)/t15-/m0/s1. The molecule has 0 bridgehead atoms. The van der Waals surface area contributed by atoms with E-state index in [1.54, 1.807) is 0 Å². The number of halogens is 4. The zero-order valence-electron chi connectivity index (χ0n) is 12.2. The molecule has 122 valence electrons. The predicted octanol–water partition coefficient (Wildman–Crippen LogP) is 4.85. The minimum atomic E-state index is -4.89. The summed E-state index contributed by atoms with van der Waals surface area (Å²) in [6.07, 6.45) is -3.92. The summed E-state index contributed by atoms with van der Waals surface area (Å²) in [5.41, 5.74) is -3.70. The molecule has 0 aromatic heterocycles. The van der Waals surface area contributed by atoms with Gasteiger partial charge in [-0.05, 0) is 43.4 Å². The number of amides is 1. The molecule has 3 rings (SSSR count). The minimum Gasteiger partial charge on any atom is -0.415 e. The average molecular weight is 344 g/mol. The summed E-state index contributed by atoms with van der Waals surface area (Å²) in [6, 6.07) is 3.84. The molecule has 1 atom stereocenters. The van der Waals surface area contributed by atoms with Crippen molar-refractivity contribution in [2.45, 2.75) is 38.0 Å². The fraction of sp³-hybridized carbons (Fsp3) is 0.438. The highest BCUT2D eigenvalue weighted by Crippen LogP contribution is 2.51. The Bertz CT molecular complexity index is 731. The highest BCUT2D eigenvalue weighted by molar-refractivity contribution is 6.30. The van der Waals surface area contributed by atoms with Crippen molar-refractivity contribution in [3.8, 4) is 11.8 Å². The lowest BCUT2D eigenvalue weighted by molar-refractivity contribution is -0.239. The van der Waals surface area contributed by atoms with E-state index < -0.39 is 23.3 Å². The van der Waals surface area contributed by atoms with E-state index in [0.717, 1.165) is 18.9 Å². The normalized spacial score (nSPS) is 24.7. The molecular weight excluding hydrogens is 331 g/mol. The van der Waals surface area contributed by atoms with Gasteiger partial charge in [-0.2, -0.15) is 13.2 Å². The second-order valence-electron chi connectivity index (χ2n) is 5.77. The highest BCUT2D eigenvalue weighted by Gasteiger charge is 2.62. The van der Waals surface area contributed by atoms with Crippen LogP contribution < -0.4 is 5.32 Å². The second-order valence-corrected chi connectivity index (χ2v) is 6.20. The smallest absolute Gasteiger partial charge is 0.415 e. The van der Waals surface area contributed by atoms with Crippen LogP contribution in [-0.4, -0.2) is 12.3 Å². The van der Waals surface area contributed by atoms with Gasteiger partial charge in [-0.15, -0.1) is 0 Å². The summed E-state index contributed by atoms with van der Waals surface area (Å²) in [5, 5.41) is 2.36. The van der Waals surface area contributed by atoms with Gasteiger partial charge in [-0.1, -0.05) is 24.4 Å². The number of hydrogen-bond donors (Lipinski definition) is 1. The van der Waals surface area contributed by atoms with Crippen molar-refractivity contribution in [1.29, 1.82) is 0 Å². The number of anilines is 1. The molecule has 2 aliphatic rings. The SMILES string of the molecule is CCC1(C#C[C@]2(C(F)(F)F)OC(=O)Nc3ccc(Cl)cc32)CC1. The van der Waals surface area contributed by atoms with Crippen LogP contribution in [0.2, 0.25) is 5.02 Å². The van der Waals surface area contributed by atoms with E-state index in [1.165, 1.54) is 12.1 Å². The third kappa shape index (κ3) is 2.63. The van der Waals surface area contributed by atoms with Crippen LogP contribution in [0.1, 0.15) is 31.7 Å². The maximum Gasteiger partial charge on any atom is 0.445 e. The third-order valence-electron chi connectivity index (χ3n) is 4.28. The quantitative estimate of drug-likeness (QED) is 0.740. The molecular formula is C16H13ClF3NO2. The lowest BCUT2D eigenvalue weighted by Crippen LogP contribution is -2.49. The summed E-state index contributed by atoms with van der Waals surface area (Å²) in [4.78, 5) is 11.6. The first kappa shape index (κ1) is 16.0. The summed E-state index contributed by atoms with van der Waals surface area (Å²) in [7, 11) is 0. The first-order valence-corrected chi connectivity index (χ1v) is 7.50. The van der Waals surface area contributed by atoms with Gasteiger partial charge in [-0.3, -0.25) is 5.32 Å². The number of hydrogen-bond acceptors (Lipinski definition) is 2. The van der Waals surface area contributed by atoms with Gasteiger partial charge < -0.3 is 4.74 Å². The van der Waals surface area contributed by atoms with Crippen LogP contribution in [0, 0.1) is 17.3 Å². The summed E-state index contributed by atoms with van der Waals surface area (Å²) < 4.78 is 46.2.